The lowest BCUT2D eigenvalue weighted by Crippen LogP contribution is -2.11. The molecule has 0 aliphatic rings. The number of hydrogen-bond donors (Lipinski definition) is 1. The van der Waals surface area contributed by atoms with Gasteiger partial charge in [-0.15, -0.1) is 11.3 Å². The number of nitrogens with zero attached hydrogens (tertiary/aromatic N) is 1. The maximum atomic E-state index is 12.3. The Kier molecular flexibility index (Phi) is 5.46. The third-order valence-electron chi connectivity index (χ3n) is 3.77. The SMILES string of the molecule is CCc1ccc(NC(=O)c2ccc(OCc3nc(C)cs3)cc2)cc1. The Balaban J connectivity index is 1.57. The van der Waals surface area contributed by atoms with Crippen LogP contribution < -0.4 is 10.1 Å². The average molecular weight is 352 g/mol. The van der Waals surface area contributed by atoms with E-state index in [1.165, 1.54) is 5.56 Å². The number of carbonyl (C=O) groups is 1. The fourth-order valence-electron chi connectivity index (χ4n) is 2.34. The minimum Gasteiger partial charge on any atom is -0.486 e. The summed E-state index contributed by atoms with van der Waals surface area (Å²) in [5.41, 5.74) is 3.64. The van der Waals surface area contributed by atoms with Crippen LogP contribution in [0, 0.1) is 6.92 Å². The monoisotopic (exact) mass is 352 g/mol. The van der Waals surface area contributed by atoms with E-state index in [9.17, 15) is 4.79 Å². The molecule has 0 aliphatic carbocycles. The topological polar surface area (TPSA) is 51.2 Å². The van der Waals surface area contributed by atoms with Crippen LogP contribution in [0.25, 0.3) is 0 Å². The Morgan fingerprint density at radius 3 is 2.44 bits per heavy atom. The molecule has 1 aromatic heterocycles. The summed E-state index contributed by atoms with van der Waals surface area (Å²) in [5.74, 6) is 0.586. The summed E-state index contributed by atoms with van der Waals surface area (Å²) in [7, 11) is 0. The number of rotatable bonds is 6. The molecule has 2 aromatic carbocycles. The Bertz CT molecular complexity index is 839. The van der Waals surface area contributed by atoms with Gasteiger partial charge in [-0.1, -0.05) is 19.1 Å². The van der Waals surface area contributed by atoms with Crippen molar-refractivity contribution in [2.24, 2.45) is 0 Å². The van der Waals surface area contributed by atoms with Gasteiger partial charge in [0.15, 0.2) is 0 Å². The van der Waals surface area contributed by atoms with Crippen LogP contribution in [-0.4, -0.2) is 10.9 Å². The van der Waals surface area contributed by atoms with Crippen molar-refractivity contribution in [2.45, 2.75) is 26.9 Å². The fraction of sp³-hybridized carbons (Fsp3) is 0.200. The molecule has 0 spiro atoms. The Morgan fingerprint density at radius 2 is 1.84 bits per heavy atom. The van der Waals surface area contributed by atoms with Gasteiger partial charge in [0.2, 0.25) is 0 Å². The van der Waals surface area contributed by atoms with Crippen molar-refractivity contribution in [3.05, 3.63) is 75.7 Å². The number of hydrogen-bond acceptors (Lipinski definition) is 4. The zero-order valence-electron chi connectivity index (χ0n) is 14.3. The number of nitrogens with one attached hydrogen (secondary N) is 1. The fourth-order valence-corrected chi connectivity index (χ4v) is 3.03. The molecular formula is C20H20N2O2S. The van der Waals surface area contributed by atoms with Crippen LogP contribution in [0.4, 0.5) is 5.69 Å². The van der Waals surface area contributed by atoms with Crippen molar-refractivity contribution < 1.29 is 9.53 Å². The first-order valence-corrected chi connectivity index (χ1v) is 9.06. The van der Waals surface area contributed by atoms with Crippen LogP contribution >= 0.6 is 11.3 Å². The molecule has 3 aromatic rings. The van der Waals surface area contributed by atoms with Gasteiger partial charge >= 0.3 is 0 Å². The average Bonchev–Trinajstić information content (AvgIpc) is 3.06. The van der Waals surface area contributed by atoms with Crippen molar-refractivity contribution in [1.82, 2.24) is 4.98 Å². The van der Waals surface area contributed by atoms with Crippen molar-refractivity contribution in [3.8, 4) is 5.75 Å². The molecule has 0 atom stereocenters. The highest BCUT2D eigenvalue weighted by Gasteiger charge is 2.07. The number of thiazole rings is 1. The van der Waals surface area contributed by atoms with E-state index in [0.717, 1.165) is 28.6 Å². The first-order valence-electron chi connectivity index (χ1n) is 8.18. The maximum Gasteiger partial charge on any atom is 0.255 e. The summed E-state index contributed by atoms with van der Waals surface area (Å²) < 4.78 is 5.70. The largest absolute Gasteiger partial charge is 0.486 e. The Morgan fingerprint density at radius 1 is 1.12 bits per heavy atom. The van der Waals surface area contributed by atoms with Crippen LogP contribution in [0.1, 0.15) is 33.5 Å². The zero-order chi connectivity index (χ0) is 17.6. The van der Waals surface area contributed by atoms with Gasteiger partial charge in [-0.3, -0.25) is 4.79 Å². The molecule has 0 bridgehead atoms. The van der Waals surface area contributed by atoms with Crippen molar-refractivity contribution in [2.75, 3.05) is 5.32 Å². The van der Waals surface area contributed by atoms with Gasteiger partial charge in [0.25, 0.3) is 5.91 Å². The summed E-state index contributed by atoms with van der Waals surface area (Å²) in [6.45, 7) is 4.50. The second kappa shape index (κ2) is 7.94. The predicted octanol–water partition coefficient (Wildman–Crippen LogP) is 4.85. The molecule has 0 saturated heterocycles. The second-order valence-corrected chi connectivity index (χ2v) is 6.64. The number of aryl methyl sites for hydroxylation is 2. The highest BCUT2D eigenvalue weighted by molar-refractivity contribution is 7.09. The summed E-state index contributed by atoms with van der Waals surface area (Å²) in [6.07, 6.45) is 0.982. The first-order chi connectivity index (χ1) is 12.1. The molecule has 25 heavy (non-hydrogen) atoms. The Labute approximate surface area is 151 Å². The maximum absolute atomic E-state index is 12.3. The smallest absolute Gasteiger partial charge is 0.255 e. The van der Waals surface area contributed by atoms with E-state index in [1.807, 2.05) is 36.6 Å². The quantitative estimate of drug-likeness (QED) is 0.690. The molecule has 0 unspecified atom stereocenters. The molecule has 0 saturated carbocycles. The normalized spacial score (nSPS) is 10.5. The molecular weight excluding hydrogens is 332 g/mol. The van der Waals surface area contributed by atoms with E-state index >= 15 is 0 Å². The molecule has 0 aliphatic heterocycles. The van der Waals surface area contributed by atoms with Crippen LogP contribution in [-0.2, 0) is 13.0 Å². The lowest BCUT2D eigenvalue weighted by Gasteiger charge is -2.08. The minimum absolute atomic E-state index is 0.133. The van der Waals surface area contributed by atoms with E-state index in [-0.39, 0.29) is 5.91 Å². The molecule has 1 N–H and O–H groups in total. The van der Waals surface area contributed by atoms with Crippen LogP contribution in [0.2, 0.25) is 0 Å². The zero-order valence-corrected chi connectivity index (χ0v) is 15.1. The predicted molar refractivity (Wildman–Crippen MR) is 101 cm³/mol. The summed E-state index contributed by atoms with van der Waals surface area (Å²) in [5, 5.41) is 5.84. The second-order valence-electron chi connectivity index (χ2n) is 5.70. The van der Waals surface area contributed by atoms with Crippen LogP contribution in [0.3, 0.4) is 0 Å². The van der Waals surface area contributed by atoms with E-state index in [1.54, 1.807) is 35.6 Å². The van der Waals surface area contributed by atoms with Crippen molar-refractivity contribution in [3.63, 3.8) is 0 Å². The number of carbonyl (C=O) groups excluding carboxylic acids is 1. The van der Waals surface area contributed by atoms with E-state index in [2.05, 4.69) is 17.2 Å². The molecule has 4 nitrogen and oxygen atoms in total. The molecule has 0 radical (unpaired) electrons. The van der Waals surface area contributed by atoms with Gasteiger partial charge in [0, 0.05) is 22.3 Å². The van der Waals surface area contributed by atoms with Crippen molar-refractivity contribution >= 4 is 22.9 Å². The minimum atomic E-state index is -0.133. The molecule has 1 amide bonds. The molecule has 128 valence electrons. The van der Waals surface area contributed by atoms with Gasteiger partial charge in [0.1, 0.15) is 17.4 Å². The summed E-state index contributed by atoms with van der Waals surface area (Å²) in [4.78, 5) is 16.7. The summed E-state index contributed by atoms with van der Waals surface area (Å²) >= 11 is 1.58. The number of benzene rings is 2. The molecule has 1 heterocycles. The Hall–Kier alpha value is -2.66. The van der Waals surface area contributed by atoms with Crippen LogP contribution in [0.15, 0.2) is 53.9 Å². The molecule has 3 rings (SSSR count). The van der Waals surface area contributed by atoms with Gasteiger partial charge in [-0.05, 0) is 55.3 Å². The number of ether oxygens (including phenoxy) is 1. The van der Waals surface area contributed by atoms with E-state index < -0.39 is 0 Å². The lowest BCUT2D eigenvalue weighted by molar-refractivity contribution is 0.102. The first kappa shape index (κ1) is 17.2. The summed E-state index contributed by atoms with van der Waals surface area (Å²) in [6, 6.07) is 15.0. The van der Waals surface area contributed by atoms with E-state index in [4.69, 9.17) is 4.74 Å². The van der Waals surface area contributed by atoms with Gasteiger partial charge in [-0.25, -0.2) is 4.98 Å². The van der Waals surface area contributed by atoms with Gasteiger partial charge < -0.3 is 10.1 Å². The number of anilines is 1. The highest BCUT2D eigenvalue weighted by Crippen LogP contribution is 2.17. The number of amides is 1. The lowest BCUT2D eigenvalue weighted by atomic mass is 10.1. The standard InChI is InChI=1S/C20H20N2O2S/c1-3-15-4-8-17(9-5-15)22-20(23)16-6-10-18(11-7-16)24-12-19-21-14(2)13-25-19/h4-11,13H,3,12H2,1-2H3,(H,22,23). The highest BCUT2D eigenvalue weighted by atomic mass is 32.1. The van der Waals surface area contributed by atoms with Crippen LogP contribution in [0.5, 0.6) is 5.75 Å². The third-order valence-corrected chi connectivity index (χ3v) is 4.71. The van der Waals surface area contributed by atoms with Gasteiger partial charge in [-0.2, -0.15) is 0 Å². The van der Waals surface area contributed by atoms with Gasteiger partial charge in [0.05, 0.1) is 0 Å². The van der Waals surface area contributed by atoms with Crippen molar-refractivity contribution in [1.29, 1.82) is 0 Å². The molecule has 5 heteroatoms. The van der Waals surface area contributed by atoms with E-state index in [0.29, 0.717) is 12.2 Å². The third kappa shape index (κ3) is 4.67. The molecule has 0 fully saturated rings. The number of aromatic nitrogens is 1.